The molecule has 10 N–H and O–H groups in total. The number of amides is 6. The third kappa shape index (κ3) is 27.9. The molecular formula is C38H58N8O6S6. The summed E-state index contributed by atoms with van der Waals surface area (Å²) in [5.41, 5.74) is 14.0. The lowest BCUT2D eigenvalue weighted by atomic mass is 10.1. The van der Waals surface area contributed by atoms with Gasteiger partial charge in [-0.2, -0.15) is 0 Å². The summed E-state index contributed by atoms with van der Waals surface area (Å²) >= 11 is 0. The smallest absolute Gasteiger partial charge is 0.237 e. The van der Waals surface area contributed by atoms with Crippen molar-refractivity contribution >= 4 is 100 Å². The Hall–Kier alpha value is -2.72. The SMILES string of the molecule is N[C@@H](Cc1ccccc1)C(=O)NCCSSCCNC(=O)CCC(=O)NCCSSCCNC(=O)CCC(=O)NCCSSCCNC(=O)[C@@H](N)Cc1ccccc1. The summed E-state index contributed by atoms with van der Waals surface area (Å²) in [5.74, 6) is 3.20. The zero-order valence-corrected chi connectivity index (χ0v) is 37.6. The summed E-state index contributed by atoms with van der Waals surface area (Å²) in [6, 6.07) is 18.2. The molecule has 2 aromatic carbocycles. The van der Waals surface area contributed by atoms with Crippen molar-refractivity contribution in [2.75, 3.05) is 73.8 Å². The van der Waals surface area contributed by atoms with Crippen LogP contribution in [0.25, 0.3) is 0 Å². The molecule has 2 atom stereocenters. The standard InChI is InChI=1S/C38H58N8O6S6/c39-31(27-29-7-3-1-4-8-29)37(51)45-19-25-57-55-23-17-43-35(49)13-11-33(47)41-15-21-53-54-22-16-42-34(48)12-14-36(50)44-18-24-56-58-26-20-46-38(52)32(40)28-30-9-5-2-6-10-30/h1-10,31-32H,11-28,39-40H2,(H,41,47)(H,42,48)(H,43,49)(H,44,50)(H,45,51)(H,46,52)/t31-,32-/m0/s1. The molecular weight excluding hydrogens is 857 g/mol. The Balaban J connectivity index is 1.30. The number of nitrogens with two attached hydrogens (primary N) is 2. The van der Waals surface area contributed by atoms with E-state index in [9.17, 15) is 28.8 Å². The second kappa shape index (κ2) is 34.0. The van der Waals surface area contributed by atoms with Gasteiger partial charge in [0.05, 0.1) is 12.1 Å². The van der Waals surface area contributed by atoms with Crippen molar-refractivity contribution in [3.63, 3.8) is 0 Å². The van der Waals surface area contributed by atoms with Gasteiger partial charge >= 0.3 is 0 Å². The van der Waals surface area contributed by atoms with Gasteiger partial charge in [-0.3, -0.25) is 28.8 Å². The summed E-state index contributed by atoms with van der Waals surface area (Å²) in [6.07, 6.45) is 1.47. The molecule has 0 spiro atoms. The van der Waals surface area contributed by atoms with Crippen LogP contribution in [0.2, 0.25) is 0 Å². The molecule has 0 aliphatic heterocycles. The first kappa shape index (κ1) is 51.4. The molecule has 2 rings (SSSR count). The maximum atomic E-state index is 12.2. The van der Waals surface area contributed by atoms with Gasteiger partial charge in [0.2, 0.25) is 35.4 Å². The highest BCUT2D eigenvalue weighted by Gasteiger charge is 2.15. The first-order chi connectivity index (χ1) is 28.1. The van der Waals surface area contributed by atoms with E-state index in [1.807, 2.05) is 60.7 Å². The topological polar surface area (TPSA) is 227 Å². The maximum absolute atomic E-state index is 12.2. The number of hydrogen-bond acceptors (Lipinski definition) is 14. The molecule has 20 heteroatoms. The molecule has 0 fully saturated rings. The van der Waals surface area contributed by atoms with Gasteiger partial charge in [-0.05, 0) is 24.0 Å². The average Bonchev–Trinajstić information content (AvgIpc) is 3.22. The van der Waals surface area contributed by atoms with Gasteiger partial charge in [-0.15, -0.1) is 0 Å². The zero-order chi connectivity index (χ0) is 42.1. The fourth-order valence-corrected chi connectivity index (χ4v) is 10.1. The van der Waals surface area contributed by atoms with E-state index in [0.717, 1.165) is 22.6 Å². The van der Waals surface area contributed by atoms with Crippen LogP contribution in [0.1, 0.15) is 36.8 Å². The highest BCUT2D eigenvalue weighted by atomic mass is 33.1. The summed E-state index contributed by atoms with van der Waals surface area (Å²) in [7, 11) is 9.58. The Morgan fingerprint density at radius 1 is 0.397 bits per heavy atom. The van der Waals surface area contributed by atoms with Crippen LogP contribution in [0.4, 0.5) is 0 Å². The fourth-order valence-electron chi connectivity index (χ4n) is 4.71. The monoisotopic (exact) mass is 914 g/mol. The average molecular weight is 915 g/mol. The van der Waals surface area contributed by atoms with Crippen molar-refractivity contribution < 1.29 is 28.8 Å². The molecule has 322 valence electrons. The maximum Gasteiger partial charge on any atom is 0.237 e. The van der Waals surface area contributed by atoms with Gasteiger partial charge in [-0.1, -0.05) is 125 Å². The Labute approximate surface area is 366 Å². The van der Waals surface area contributed by atoms with Crippen LogP contribution in [0.5, 0.6) is 0 Å². The van der Waals surface area contributed by atoms with Crippen molar-refractivity contribution in [2.24, 2.45) is 11.5 Å². The van der Waals surface area contributed by atoms with E-state index in [1.54, 1.807) is 64.8 Å². The van der Waals surface area contributed by atoms with Crippen molar-refractivity contribution in [3.05, 3.63) is 71.8 Å². The number of carbonyl (C=O) groups excluding carboxylic acids is 6. The Morgan fingerprint density at radius 3 is 0.897 bits per heavy atom. The van der Waals surface area contributed by atoms with E-state index >= 15 is 0 Å². The van der Waals surface area contributed by atoms with Gasteiger partial charge in [0.1, 0.15) is 0 Å². The Kier molecular flexibility index (Phi) is 30.2. The summed E-state index contributed by atoms with van der Waals surface area (Å²) in [4.78, 5) is 72.6. The van der Waals surface area contributed by atoms with Crippen molar-refractivity contribution in [3.8, 4) is 0 Å². The van der Waals surface area contributed by atoms with Crippen LogP contribution < -0.4 is 43.4 Å². The predicted molar refractivity (Wildman–Crippen MR) is 248 cm³/mol. The van der Waals surface area contributed by atoms with Crippen LogP contribution in [0.3, 0.4) is 0 Å². The molecule has 6 amide bonds. The molecule has 0 saturated heterocycles. The molecule has 2 aromatic rings. The second-order valence-corrected chi connectivity index (χ2v) is 20.6. The predicted octanol–water partition coefficient (Wildman–Crippen LogP) is 2.53. The number of nitrogens with one attached hydrogen (secondary N) is 6. The molecule has 0 unspecified atom stereocenters. The number of benzene rings is 2. The molecule has 0 aliphatic rings. The molecule has 0 bridgehead atoms. The first-order valence-corrected chi connectivity index (χ1v) is 26.5. The number of carbonyl (C=O) groups is 6. The van der Waals surface area contributed by atoms with Gasteiger partial charge in [0.15, 0.2) is 0 Å². The minimum absolute atomic E-state index is 0.119. The van der Waals surface area contributed by atoms with E-state index in [0.29, 0.717) is 75.1 Å². The molecule has 58 heavy (non-hydrogen) atoms. The third-order valence-electron chi connectivity index (χ3n) is 7.68. The molecule has 0 aromatic heterocycles. The molecule has 0 saturated carbocycles. The summed E-state index contributed by atoms with van der Waals surface area (Å²) < 4.78 is 0. The van der Waals surface area contributed by atoms with Crippen LogP contribution in [-0.2, 0) is 41.6 Å². The van der Waals surface area contributed by atoms with Crippen LogP contribution in [-0.4, -0.2) is 121 Å². The fraction of sp³-hybridized carbons (Fsp3) is 0.526. The van der Waals surface area contributed by atoms with Crippen molar-refractivity contribution in [1.82, 2.24) is 31.9 Å². The van der Waals surface area contributed by atoms with Crippen LogP contribution in [0.15, 0.2) is 60.7 Å². The lowest BCUT2D eigenvalue weighted by molar-refractivity contribution is -0.126. The quantitative estimate of drug-likeness (QED) is 0.0381. The normalized spacial score (nSPS) is 11.8. The highest BCUT2D eigenvalue weighted by Crippen LogP contribution is 2.20. The lowest BCUT2D eigenvalue weighted by Crippen LogP contribution is -2.42. The molecule has 0 aliphatic carbocycles. The summed E-state index contributed by atoms with van der Waals surface area (Å²) in [6.45, 7) is 2.98. The second-order valence-electron chi connectivity index (χ2n) is 12.5. The van der Waals surface area contributed by atoms with E-state index in [-0.39, 0.29) is 61.1 Å². The largest absolute Gasteiger partial charge is 0.355 e. The van der Waals surface area contributed by atoms with Gasteiger partial charge in [-0.25, -0.2) is 0 Å². The van der Waals surface area contributed by atoms with Crippen LogP contribution in [0, 0.1) is 0 Å². The molecule has 14 nitrogen and oxygen atoms in total. The number of rotatable bonds is 33. The highest BCUT2D eigenvalue weighted by molar-refractivity contribution is 8.77. The van der Waals surface area contributed by atoms with E-state index in [4.69, 9.17) is 11.5 Å². The lowest BCUT2D eigenvalue weighted by Gasteiger charge is -2.12. The number of hydrogen-bond donors (Lipinski definition) is 8. The van der Waals surface area contributed by atoms with E-state index in [2.05, 4.69) is 31.9 Å². The summed E-state index contributed by atoms with van der Waals surface area (Å²) in [5, 5.41) is 17.0. The van der Waals surface area contributed by atoms with E-state index in [1.165, 1.54) is 0 Å². The molecule has 0 heterocycles. The zero-order valence-electron chi connectivity index (χ0n) is 32.7. The van der Waals surface area contributed by atoms with Crippen LogP contribution >= 0.6 is 64.8 Å². The third-order valence-corrected chi connectivity index (χ3v) is 14.9. The minimum atomic E-state index is -0.584. The van der Waals surface area contributed by atoms with Gasteiger partial charge in [0.25, 0.3) is 0 Å². The van der Waals surface area contributed by atoms with Crippen molar-refractivity contribution in [2.45, 2.75) is 50.6 Å². The first-order valence-electron chi connectivity index (χ1n) is 19.1. The van der Waals surface area contributed by atoms with Gasteiger partial charge in [0, 0.05) is 99.5 Å². The Morgan fingerprint density at radius 2 is 0.638 bits per heavy atom. The minimum Gasteiger partial charge on any atom is -0.355 e. The molecule has 0 radical (unpaired) electrons. The van der Waals surface area contributed by atoms with Crippen molar-refractivity contribution in [1.29, 1.82) is 0 Å². The van der Waals surface area contributed by atoms with Gasteiger partial charge < -0.3 is 43.4 Å². The van der Waals surface area contributed by atoms with E-state index < -0.39 is 12.1 Å². The Bertz CT molecular complexity index is 1380.